The van der Waals surface area contributed by atoms with Crippen molar-refractivity contribution in [2.45, 2.75) is 6.42 Å². The van der Waals surface area contributed by atoms with Gasteiger partial charge in [0, 0.05) is 12.2 Å². The molecule has 0 aliphatic carbocycles. The molecule has 0 saturated heterocycles. The predicted molar refractivity (Wildman–Crippen MR) is 56.9 cm³/mol. The molecule has 0 aliphatic rings. The normalized spacial score (nSPS) is 10.4. The average Bonchev–Trinajstić information content (AvgIpc) is 2.14. The lowest BCUT2D eigenvalue weighted by Gasteiger charge is -2.10. The lowest BCUT2D eigenvalue weighted by Crippen LogP contribution is -2.16. The molecule has 0 fully saturated rings. The van der Waals surface area contributed by atoms with Gasteiger partial charge in [0.1, 0.15) is 0 Å². The second-order valence-electron chi connectivity index (χ2n) is 3.37. The fourth-order valence-electron chi connectivity index (χ4n) is 1.13. The monoisotopic (exact) mass is 177 g/mol. The van der Waals surface area contributed by atoms with E-state index < -0.39 is 0 Å². The SMILES string of the molecule is CN(C)CCCNc1cc[c]cc1. The van der Waals surface area contributed by atoms with Crippen LogP contribution in [0.4, 0.5) is 5.69 Å². The Morgan fingerprint density at radius 2 is 2.00 bits per heavy atom. The number of anilines is 1. The van der Waals surface area contributed by atoms with Crippen LogP contribution >= 0.6 is 0 Å². The van der Waals surface area contributed by atoms with Gasteiger partial charge in [-0.25, -0.2) is 0 Å². The molecule has 1 aromatic rings. The Kier molecular flexibility index (Phi) is 4.33. The third-order valence-electron chi connectivity index (χ3n) is 1.83. The zero-order valence-corrected chi connectivity index (χ0v) is 8.38. The lowest BCUT2D eigenvalue weighted by atomic mass is 10.3. The van der Waals surface area contributed by atoms with Gasteiger partial charge in [0.15, 0.2) is 0 Å². The fraction of sp³-hybridized carbons (Fsp3) is 0.455. The third-order valence-corrected chi connectivity index (χ3v) is 1.83. The largest absolute Gasteiger partial charge is 0.385 e. The fourth-order valence-corrected chi connectivity index (χ4v) is 1.13. The van der Waals surface area contributed by atoms with Gasteiger partial charge in [-0.15, -0.1) is 0 Å². The van der Waals surface area contributed by atoms with Gasteiger partial charge in [-0.1, -0.05) is 12.1 Å². The first-order valence-corrected chi connectivity index (χ1v) is 4.64. The van der Waals surface area contributed by atoms with Crippen molar-refractivity contribution in [1.82, 2.24) is 4.90 Å². The molecule has 13 heavy (non-hydrogen) atoms. The summed E-state index contributed by atoms with van der Waals surface area (Å²) in [5.41, 5.74) is 1.18. The molecule has 2 nitrogen and oxygen atoms in total. The Labute approximate surface area is 80.6 Å². The number of hydrogen-bond acceptors (Lipinski definition) is 2. The van der Waals surface area contributed by atoms with E-state index in [2.05, 4.69) is 30.4 Å². The molecule has 0 spiro atoms. The van der Waals surface area contributed by atoms with E-state index in [1.165, 1.54) is 12.1 Å². The minimum Gasteiger partial charge on any atom is -0.385 e. The van der Waals surface area contributed by atoms with Crippen molar-refractivity contribution in [2.24, 2.45) is 0 Å². The van der Waals surface area contributed by atoms with E-state index in [4.69, 9.17) is 0 Å². The maximum atomic E-state index is 3.35. The summed E-state index contributed by atoms with van der Waals surface area (Å²) in [6, 6.07) is 10.9. The van der Waals surface area contributed by atoms with Crippen LogP contribution in [0.2, 0.25) is 0 Å². The summed E-state index contributed by atoms with van der Waals surface area (Å²) < 4.78 is 0. The van der Waals surface area contributed by atoms with E-state index in [9.17, 15) is 0 Å². The molecule has 0 heterocycles. The number of nitrogens with zero attached hydrogens (tertiary/aromatic N) is 1. The molecule has 0 saturated carbocycles. The molecule has 1 radical (unpaired) electrons. The Morgan fingerprint density at radius 1 is 1.31 bits per heavy atom. The number of hydrogen-bond donors (Lipinski definition) is 1. The van der Waals surface area contributed by atoms with Crippen LogP contribution in [0.25, 0.3) is 0 Å². The van der Waals surface area contributed by atoms with Gasteiger partial charge in [-0.3, -0.25) is 0 Å². The van der Waals surface area contributed by atoms with Crippen LogP contribution in [0.5, 0.6) is 0 Å². The first kappa shape index (κ1) is 10.1. The molecular weight excluding hydrogens is 160 g/mol. The molecule has 71 valence electrons. The highest BCUT2D eigenvalue weighted by atomic mass is 15.1. The lowest BCUT2D eigenvalue weighted by molar-refractivity contribution is 0.405. The maximum absolute atomic E-state index is 3.35. The molecule has 2 heteroatoms. The van der Waals surface area contributed by atoms with Crippen molar-refractivity contribution in [3.05, 3.63) is 30.3 Å². The highest BCUT2D eigenvalue weighted by molar-refractivity contribution is 5.41. The van der Waals surface area contributed by atoms with Crippen molar-refractivity contribution in [2.75, 3.05) is 32.5 Å². The average molecular weight is 177 g/mol. The first-order chi connectivity index (χ1) is 6.29. The second-order valence-corrected chi connectivity index (χ2v) is 3.37. The van der Waals surface area contributed by atoms with E-state index in [1.54, 1.807) is 0 Å². The van der Waals surface area contributed by atoms with Crippen molar-refractivity contribution >= 4 is 5.69 Å². The molecule has 0 aromatic heterocycles. The van der Waals surface area contributed by atoms with E-state index in [1.807, 2.05) is 24.3 Å². The van der Waals surface area contributed by atoms with Crippen LogP contribution in [0, 0.1) is 6.07 Å². The molecule has 0 amide bonds. The number of nitrogens with one attached hydrogen (secondary N) is 1. The number of benzene rings is 1. The van der Waals surface area contributed by atoms with Crippen LogP contribution in [0.15, 0.2) is 24.3 Å². The van der Waals surface area contributed by atoms with Crippen LogP contribution in [0.1, 0.15) is 6.42 Å². The Morgan fingerprint density at radius 3 is 2.62 bits per heavy atom. The Bertz CT molecular complexity index is 219. The van der Waals surface area contributed by atoms with Gasteiger partial charge in [-0.2, -0.15) is 0 Å². The van der Waals surface area contributed by atoms with Crippen LogP contribution in [-0.2, 0) is 0 Å². The van der Waals surface area contributed by atoms with Gasteiger partial charge < -0.3 is 10.2 Å². The molecule has 0 aliphatic heterocycles. The van der Waals surface area contributed by atoms with Crippen LogP contribution < -0.4 is 5.32 Å². The highest BCUT2D eigenvalue weighted by Gasteiger charge is 1.91. The minimum atomic E-state index is 1.03. The van der Waals surface area contributed by atoms with Crippen molar-refractivity contribution in [3.63, 3.8) is 0 Å². The molecule has 1 aromatic carbocycles. The molecule has 0 bridgehead atoms. The zero-order valence-electron chi connectivity index (χ0n) is 8.38. The standard InChI is InChI=1S/C11H17N2/c1-13(2)10-6-9-12-11-7-4-3-5-8-11/h4-5,7-8,12H,6,9-10H2,1-2H3. The Hall–Kier alpha value is -1.02. The molecule has 0 unspecified atom stereocenters. The molecule has 0 atom stereocenters. The maximum Gasteiger partial charge on any atom is 0.0340 e. The van der Waals surface area contributed by atoms with Crippen molar-refractivity contribution in [3.8, 4) is 0 Å². The topological polar surface area (TPSA) is 15.3 Å². The summed E-state index contributed by atoms with van der Waals surface area (Å²) in [5, 5.41) is 3.35. The predicted octanol–water partition coefficient (Wildman–Crippen LogP) is 1.85. The zero-order chi connectivity index (χ0) is 9.52. The van der Waals surface area contributed by atoms with Gasteiger partial charge in [0.05, 0.1) is 0 Å². The summed E-state index contributed by atoms with van der Waals surface area (Å²) in [6.07, 6.45) is 1.17. The summed E-state index contributed by atoms with van der Waals surface area (Å²) in [4.78, 5) is 2.19. The van der Waals surface area contributed by atoms with Gasteiger partial charge in [-0.05, 0) is 45.3 Å². The number of rotatable bonds is 5. The van der Waals surface area contributed by atoms with Gasteiger partial charge in [0.2, 0.25) is 0 Å². The smallest absolute Gasteiger partial charge is 0.0340 e. The summed E-state index contributed by atoms with van der Waals surface area (Å²) in [6.45, 7) is 2.16. The summed E-state index contributed by atoms with van der Waals surface area (Å²) >= 11 is 0. The van der Waals surface area contributed by atoms with E-state index in [0.717, 1.165) is 13.1 Å². The van der Waals surface area contributed by atoms with Gasteiger partial charge >= 0.3 is 0 Å². The van der Waals surface area contributed by atoms with Crippen molar-refractivity contribution in [1.29, 1.82) is 0 Å². The molecule has 1 N–H and O–H groups in total. The minimum absolute atomic E-state index is 1.03. The van der Waals surface area contributed by atoms with Gasteiger partial charge in [0.25, 0.3) is 0 Å². The van der Waals surface area contributed by atoms with Crippen LogP contribution in [0.3, 0.4) is 0 Å². The van der Waals surface area contributed by atoms with E-state index >= 15 is 0 Å². The van der Waals surface area contributed by atoms with Crippen molar-refractivity contribution < 1.29 is 0 Å². The first-order valence-electron chi connectivity index (χ1n) is 4.64. The van der Waals surface area contributed by atoms with Crippen LogP contribution in [-0.4, -0.2) is 32.1 Å². The Balaban J connectivity index is 2.13. The quantitative estimate of drug-likeness (QED) is 0.690. The van der Waals surface area contributed by atoms with E-state index in [0.29, 0.717) is 0 Å². The van der Waals surface area contributed by atoms with E-state index in [-0.39, 0.29) is 0 Å². The second kappa shape index (κ2) is 5.60. The highest BCUT2D eigenvalue weighted by Crippen LogP contribution is 2.03. The summed E-state index contributed by atoms with van der Waals surface area (Å²) in [5.74, 6) is 0. The molecular formula is C11H17N2. The summed E-state index contributed by atoms with van der Waals surface area (Å²) in [7, 11) is 4.19. The third kappa shape index (κ3) is 4.53. The molecule has 1 rings (SSSR count).